The summed E-state index contributed by atoms with van der Waals surface area (Å²) < 4.78 is 26.3. The highest BCUT2D eigenvalue weighted by Gasteiger charge is 2.21. The fraction of sp³-hybridized carbons (Fsp3) is 0.300. The zero-order chi connectivity index (χ0) is 14.6. The Bertz CT molecular complexity index is 599. The number of nitrogens with zero attached hydrogens (tertiary/aromatic N) is 2. The molecule has 1 amide bonds. The number of likely N-dealkylation sites (N-methyl/N-ethyl adjacent to an activating group) is 1. The molecule has 104 valence electrons. The molecule has 1 rings (SSSR count). The van der Waals surface area contributed by atoms with Crippen LogP contribution in [0.5, 0.6) is 0 Å². The maximum atomic E-state index is 12.0. The molecule has 0 spiro atoms. The van der Waals surface area contributed by atoms with Crippen molar-refractivity contribution in [3.05, 3.63) is 24.0 Å². The van der Waals surface area contributed by atoms with E-state index in [1.165, 1.54) is 37.3 Å². The van der Waals surface area contributed by atoms with Gasteiger partial charge in [0, 0.05) is 20.3 Å². The maximum Gasteiger partial charge on any atom is 0.243 e. The number of carbonyl (C=O) groups excluding carboxylic acids is 1. The molecule has 9 heteroatoms. The Kier molecular flexibility index (Phi) is 4.92. The van der Waals surface area contributed by atoms with Crippen molar-refractivity contribution >= 4 is 33.1 Å². The Morgan fingerprint density at radius 2 is 2.16 bits per heavy atom. The maximum absolute atomic E-state index is 12.0. The number of carbonyl (C=O) groups is 1. The Balaban J connectivity index is 3.02. The molecule has 3 N–H and O–H groups in total. The van der Waals surface area contributed by atoms with Crippen molar-refractivity contribution in [1.82, 2.24) is 14.6 Å². The number of sulfonamides is 1. The quantitative estimate of drug-likeness (QED) is 0.682. The van der Waals surface area contributed by atoms with Crippen molar-refractivity contribution in [2.24, 2.45) is 5.73 Å². The van der Waals surface area contributed by atoms with Gasteiger partial charge in [0.1, 0.15) is 15.6 Å². The smallest absolute Gasteiger partial charge is 0.243 e. The topological polar surface area (TPSA) is 105 Å². The molecule has 0 aliphatic rings. The third kappa shape index (κ3) is 3.94. The van der Waals surface area contributed by atoms with Crippen molar-refractivity contribution < 1.29 is 13.2 Å². The number of nitrogens with one attached hydrogen (secondary N) is 1. The normalized spacial score (nSPS) is 11.1. The summed E-state index contributed by atoms with van der Waals surface area (Å²) in [5, 5.41) is 0. The lowest BCUT2D eigenvalue weighted by atomic mass is 10.3. The Morgan fingerprint density at radius 1 is 1.53 bits per heavy atom. The molecule has 0 radical (unpaired) electrons. The summed E-state index contributed by atoms with van der Waals surface area (Å²) in [5.74, 6) is -0.371. The first-order valence-corrected chi connectivity index (χ1v) is 7.09. The van der Waals surface area contributed by atoms with Gasteiger partial charge in [0.15, 0.2) is 0 Å². The number of pyridine rings is 1. The summed E-state index contributed by atoms with van der Waals surface area (Å²) in [6, 6.07) is 2.77. The third-order valence-corrected chi connectivity index (χ3v) is 3.83. The van der Waals surface area contributed by atoms with Gasteiger partial charge in [-0.25, -0.2) is 13.1 Å². The second kappa shape index (κ2) is 6.04. The van der Waals surface area contributed by atoms with Crippen LogP contribution in [0.1, 0.15) is 5.69 Å². The average molecular weight is 302 g/mol. The van der Waals surface area contributed by atoms with Gasteiger partial charge >= 0.3 is 0 Å². The van der Waals surface area contributed by atoms with Crippen LogP contribution in [-0.2, 0) is 14.8 Å². The van der Waals surface area contributed by atoms with Crippen molar-refractivity contribution in [1.29, 1.82) is 0 Å². The molecule has 0 saturated heterocycles. The summed E-state index contributed by atoms with van der Waals surface area (Å²) in [6.45, 7) is -0.346. The third-order valence-electron chi connectivity index (χ3n) is 2.21. The second-order valence-electron chi connectivity index (χ2n) is 3.83. The molecule has 1 aromatic heterocycles. The molecular formula is C10H14N4O3S2. The SMILES string of the molecule is CN(C)C(=O)CNS(=O)(=O)c1cccnc1C(N)=S. The highest BCUT2D eigenvalue weighted by atomic mass is 32.2. The van der Waals surface area contributed by atoms with Crippen LogP contribution >= 0.6 is 12.2 Å². The summed E-state index contributed by atoms with van der Waals surface area (Å²) in [6.07, 6.45) is 1.39. The molecule has 0 unspecified atom stereocenters. The largest absolute Gasteiger partial charge is 0.388 e. The summed E-state index contributed by atoms with van der Waals surface area (Å²) in [4.78, 5) is 16.2. The fourth-order valence-corrected chi connectivity index (χ4v) is 2.56. The van der Waals surface area contributed by atoms with E-state index in [9.17, 15) is 13.2 Å². The lowest BCUT2D eigenvalue weighted by Gasteiger charge is -2.12. The van der Waals surface area contributed by atoms with Gasteiger partial charge < -0.3 is 10.6 Å². The minimum atomic E-state index is -3.89. The number of amides is 1. The van der Waals surface area contributed by atoms with Crippen LogP contribution in [0.15, 0.2) is 23.2 Å². The van der Waals surface area contributed by atoms with Gasteiger partial charge in [-0.2, -0.15) is 0 Å². The van der Waals surface area contributed by atoms with Gasteiger partial charge in [0.2, 0.25) is 15.9 Å². The molecule has 0 atom stereocenters. The molecule has 0 aromatic carbocycles. The number of aromatic nitrogens is 1. The van der Waals surface area contributed by atoms with Crippen LogP contribution in [0, 0.1) is 0 Å². The van der Waals surface area contributed by atoms with E-state index in [1.807, 2.05) is 0 Å². The van der Waals surface area contributed by atoms with Gasteiger partial charge in [-0.15, -0.1) is 0 Å². The van der Waals surface area contributed by atoms with Gasteiger partial charge in [-0.3, -0.25) is 9.78 Å². The molecule has 0 fully saturated rings. The minimum Gasteiger partial charge on any atom is -0.388 e. The summed E-state index contributed by atoms with van der Waals surface area (Å²) in [7, 11) is -0.834. The molecule has 0 saturated carbocycles. The van der Waals surface area contributed by atoms with Crippen LogP contribution in [0.4, 0.5) is 0 Å². The number of hydrogen-bond donors (Lipinski definition) is 2. The van der Waals surface area contributed by atoms with E-state index in [2.05, 4.69) is 9.71 Å². The zero-order valence-electron chi connectivity index (χ0n) is 10.5. The first-order valence-electron chi connectivity index (χ1n) is 5.20. The molecule has 1 heterocycles. The zero-order valence-corrected chi connectivity index (χ0v) is 12.1. The van der Waals surface area contributed by atoms with Crippen LogP contribution in [0.2, 0.25) is 0 Å². The van der Waals surface area contributed by atoms with Crippen LogP contribution < -0.4 is 10.5 Å². The van der Waals surface area contributed by atoms with E-state index in [0.717, 1.165) is 0 Å². The molecule has 1 aromatic rings. The van der Waals surface area contributed by atoms with Crippen molar-refractivity contribution in [3.63, 3.8) is 0 Å². The van der Waals surface area contributed by atoms with E-state index >= 15 is 0 Å². The highest BCUT2D eigenvalue weighted by Crippen LogP contribution is 2.12. The first-order chi connectivity index (χ1) is 8.75. The molecule has 19 heavy (non-hydrogen) atoms. The number of hydrogen-bond acceptors (Lipinski definition) is 5. The number of rotatable bonds is 5. The Labute approximate surface area is 116 Å². The monoisotopic (exact) mass is 302 g/mol. The van der Waals surface area contributed by atoms with Crippen LogP contribution in [0.3, 0.4) is 0 Å². The van der Waals surface area contributed by atoms with E-state index in [-0.39, 0.29) is 28.0 Å². The minimum absolute atomic E-state index is 0.00213. The first kappa shape index (κ1) is 15.5. The van der Waals surface area contributed by atoms with Crippen molar-refractivity contribution in [2.75, 3.05) is 20.6 Å². The highest BCUT2D eigenvalue weighted by molar-refractivity contribution is 7.89. The van der Waals surface area contributed by atoms with Crippen LogP contribution in [-0.4, -0.2) is 49.8 Å². The van der Waals surface area contributed by atoms with Gasteiger partial charge in [-0.05, 0) is 12.1 Å². The van der Waals surface area contributed by atoms with Crippen molar-refractivity contribution in [3.8, 4) is 0 Å². The fourth-order valence-electron chi connectivity index (χ4n) is 1.19. The molecule has 7 nitrogen and oxygen atoms in total. The van der Waals surface area contributed by atoms with Crippen molar-refractivity contribution in [2.45, 2.75) is 4.90 Å². The van der Waals surface area contributed by atoms with E-state index < -0.39 is 10.0 Å². The Hall–Kier alpha value is -1.58. The summed E-state index contributed by atoms with van der Waals surface area (Å²) in [5.41, 5.74) is 5.42. The lowest BCUT2D eigenvalue weighted by Crippen LogP contribution is -2.37. The number of thiocarbonyl (C=S) groups is 1. The lowest BCUT2D eigenvalue weighted by molar-refractivity contribution is -0.127. The van der Waals surface area contributed by atoms with E-state index in [0.29, 0.717) is 0 Å². The van der Waals surface area contributed by atoms with Gasteiger partial charge in [0.25, 0.3) is 0 Å². The summed E-state index contributed by atoms with van der Waals surface area (Å²) >= 11 is 4.74. The predicted molar refractivity (Wildman–Crippen MR) is 74.0 cm³/mol. The van der Waals surface area contributed by atoms with Gasteiger partial charge in [0.05, 0.1) is 6.54 Å². The molecule has 0 bridgehead atoms. The standard InChI is InChI=1S/C10H14N4O3S2/c1-14(2)8(15)6-13-19(16,17)7-4-3-5-12-9(7)10(11)18/h3-5,13H,6H2,1-2H3,(H2,11,18). The average Bonchev–Trinajstić information content (AvgIpc) is 2.35. The molecular weight excluding hydrogens is 288 g/mol. The van der Waals surface area contributed by atoms with Crippen LogP contribution in [0.25, 0.3) is 0 Å². The van der Waals surface area contributed by atoms with E-state index in [4.69, 9.17) is 18.0 Å². The van der Waals surface area contributed by atoms with E-state index in [1.54, 1.807) is 0 Å². The number of nitrogens with two attached hydrogens (primary N) is 1. The van der Waals surface area contributed by atoms with Gasteiger partial charge in [-0.1, -0.05) is 12.2 Å². The second-order valence-corrected chi connectivity index (χ2v) is 6.00. The Morgan fingerprint density at radius 3 is 2.68 bits per heavy atom. The molecule has 0 aliphatic heterocycles. The molecule has 0 aliphatic carbocycles. The predicted octanol–water partition coefficient (Wildman–Crippen LogP) is -0.918.